The first-order valence-corrected chi connectivity index (χ1v) is 14.5. The van der Waals surface area contributed by atoms with E-state index in [9.17, 15) is 14.9 Å². The predicted molar refractivity (Wildman–Crippen MR) is 158 cm³/mol. The monoisotopic (exact) mass is 576 g/mol. The van der Waals surface area contributed by atoms with Crippen LogP contribution in [0.1, 0.15) is 19.3 Å². The van der Waals surface area contributed by atoms with E-state index in [0.717, 1.165) is 58.8 Å². The maximum Gasteiger partial charge on any atom is 0.269 e. The molecule has 206 valence electrons. The van der Waals surface area contributed by atoms with Gasteiger partial charge in [-0.1, -0.05) is 47.6 Å². The molecule has 0 unspecified atom stereocenters. The maximum absolute atomic E-state index is 12.8. The fourth-order valence-electron chi connectivity index (χ4n) is 4.68. The Balaban J connectivity index is 1.14. The molecule has 0 saturated carbocycles. The van der Waals surface area contributed by atoms with Crippen LogP contribution in [0.25, 0.3) is 17.1 Å². The molecule has 0 atom stereocenters. The van der Waals surface area contributed by atoms with Gasteiger partial charge in [0.05, 0.1) is 4.92 Å². The summed E-state index contributed by atoms with van der Waals surface area (Å²) in [6, 6.07) is 24.0. The van der Waals surface area contributed by atoms with Crippen LogP contribution in [0.5, 0.6) is 0 Å². The number of amides is 1. The smallest absolute Gasteiger partial charge is 0.269 e. The fraction of sp³-hybridized carbons (Fsp3) is 0.276. The molecule has 0 spiro atoms. The topological polar surface area (TPSA) is 97.4 Å². The lowest BCUT2D eigenvalue weighted by atomic mass is 10.2. The van der Waals surface area contributed by atoms with Crippen LogP contribution in [0, 0.1) is 10.1 Å². The van der Waals surface area contributed by atoms with Gasteiger partial charge in [0.15, 0.2) is 11.0 Å². The molecular formula is C29H29ClN6O3S. The highest BCUT2D eigenvalue weighted by molar-refractivity contribution is 7.99. The summed E-state index contributed by atoms with van der Waals surface area (Å²) < 4.78 is 1.97. The number of carbonyl (C=O) groups is 1. The maximum atomic E-state index is 12.8. The van der Waals surface area contributed by atoms with Gasteiger partial charge in [0.25, 0.3) is 5.69 Å². The van der Waals surface area contributed by atoms with Gasteiger partial charge in [0.1, 0.15) is 0 Å². The van der Waals surface area contributed by atoms with Gasteiger partial charge in [-0.05, 0) is 55.3 Å². The number of para-hydroxylation sites is 1. The van der Waals surface area contributed by atoms with Crippen molar-refractivity contribution in [2.24, 2.45) is 0 Å². The number of thioether (sulfide) groups is 1. The first-order chi connectivity index (χ1) is 19.5. The lowest BCUT2D eigenvalue weighted by Crippen LogP contribution is -2.48. The van der Waals surface area contributed by atoms with Crippen molar-refractivity contribution in [3.8, 4) is 17.1 Å². The summed E-state index contributed by atoms with van der Waals surface area (Å²) in [5.74, 6) is 1.61. The molecule has 40 heavy (non-hydrogen) atoms. The summed E-state index contributed by atoms with van der Waals surface area (Å²) in [7, 11) is 0. The minimum Gasteiger partial charge on any atom is -0.368 e. The molecule has 0 N–H and O–H groups in total. The van der Waals surface area contributed by atoms with Crippen molar-refractivity contribution in [1.29, 1.82) is 0 Å². The van der Waals surface area contributed by atoms with E-state index in [-0.39, 0.29) is 11.6 Å². The normalized spacial score (nSPS) is 13.4. The Kier molecular flexibility index (Phi) is 8.98. The predicted octanol–water partition coefficient (Wildman–Crippen LogP) is 6.11. The third-order valence-electron chi connectivity index (χ3n) is 6.81. The summed E-state index contributed by atoms with van der Waals surface area (Å²) in [5.41, 5.74) is 2.78. The second-order valence-electron chi connectivity index (χ2n) is 9.43. The number of rotatable bonds is 10. The summed E-state index contributed by atoms with van der Waals surface area (Å²) in [6.45, 7) is 3.03. The Labute approximate surface area is 241 Å². The van der Waals surface area contributed by atoms with Gasteiger partial charge in [0, 0.05) is 72.4 Å². The molecule has 0 radical (unpaired) electrons. The largest absolute Gasteiger partial charge is 0.368 e. The Bertz CT molecular complexity index is 1460. The van der Waals surface area contributed by atoms with E-state index in [0.29, 0.717) is 25.3 Å². The summed E-state index contributed by atoms with van der Waals surface area (Å²) >= 11 is 7.72. The molecule has 1 aromatic heterocycles. The zero-order chi connectivity index (χ0) is 27.9. The highest BCUT2D eigenvalue weighted by Crippen LogP contribution is 2.29. The average molecular weight is 577 g/mol. The van der Waals surface area contributed by atoms with Gasteiger partial charge in [-0.15, -0.1) is 10.2 Å². The van der Waals surface area contributed by atoms with Crippen molar-refractivity contribution in [2.45, 2.75) is 24.4 Å². The number of anilines is 1. The number of halogens is 1. The molecule has 0 bridgehead atoms. The number of hydrogen-bond acceptors (Lipinski definition) is 7. The number of nitro groups is 1. The van der Waals surface area contributed by atoms with Gasteiger partial charge < -0.3 is 9.80 Å². The zero-order valence-corrected chi connectivity index (χ0v) is 23.4. The molecule has 1 aliphatic heterocycles. The van der Waals surface area contributed by atoms with Crippen LogP contribution in [-0.4, -0.2) is 62.4 Å². The first-order valence-electron chi connectivity index (χ1n) is 13.2. The van der Waals surface area contributed by atoms with E-state index < -0.39 is 4.92 Å². The van der Waals surface area contributed by atoms with E-state index >= 15 is 0 Å². The molecule has 9 nitrogen and oxygen atoms in total. The number of carbonyl (C=O) groups excluding carboxylic acids is 1. The number of nitrogens with zero attached hydrogens (tertiary/aromatic N) is 6. The van der Waals surface area contributed by atoms with E-state index in [2.05, 4.69) is 21.2 Å². The van der Waals surface area contributed by atoms with Crippen molar-refractivity contribution < 1.29 is 9.72 Å². The van der Waals surface area contributed by atoms with Crippen molar-refractivity contribution in [3.63, 3.8) is 0 Å². The highest BCUT2D eigenvalue weighted by atomic mass is 35.5. The lowest BCUT2D eigenvalue weighted by molar-refractivity contribution is -0.384. The standard InChI is InChI=1S/C29H29ClN6O3S/c30-23-7-6-10-26(21-23)33-16-18-34(19-17-33)27(37)11-4-5-20-40-29-32-31-28(35(29)24-8-2-1-3-9-24)22-12-14-25(15-13-22)36(38)39/h1-3,6-10,12-15,21H,4-5,11,16-20H2. The van der Waals surface area contributed by atoms with Crippen LogP contribution in [0.4, 0.5) is 11.4 Å². The van der Waals surface area contributed by atoms with Crippen molar-refractivity contribution >= 4 is 40.6 Å². The van der Waals surface area contributed by atoms with E-state index in [1.165, 1.54) is 12.1 Å². The van der Waals surface area contributed by atoms with Crippen LogP contribution in [0.15, 0.2) is 84.0 Å². The van der Waals surface area contributed by atoms with Crippen LogP contribution < -0.4 is 4.90 Å². The number of non-ortho nitro benzene ring substituents is 1. The van der Waals surface area contributed by atoms with E-state index in [4.69, 9.17) is 11.6 Å². The van der Waals surface area contributed by atoms with Crippen molar-refractivity contribution in [2.75, 3.05) is 36.8 Å². The molecule has 5 rings (SSSR count). The van der Waals surface area contributed by atoms with Gasteiger partial charge in [0.2, 0.25) is 5.91 Å². The number of nitro benzene ring substituents is 1. The second-order valence-corrected chi connectivity index (χ2v) is 10.9. The summed E-state index contributed by atoms with van der Waals surface area (Å²) in [6.07, 6.45) is 2.19. The van der Waals surface area contributed by atoms with E-state index in [1.54, 1.807) is 23.9 Å². The molecule has 1 amide bonds. The minimum atomic E-state index is -0.418. The molecule has 1 aliphatic rings. The number of hydrogen-bond donors (Lipinski definition) is 0. The van der Waals surface area contributed by atoms with Crippen LogP contribution in [0.3, 0.4) is 0 Å². The van der Waals surface area contributed by atoms with Gasteiger partial charge in [-0.3, -0.25) is 19.5 Å². The number of unbranched alkanes of at least 4 members (excludes halogenated alkanes) is 1. The fourth-order valence-corrected chi connectivity index (χ4v) is 5.81. The SMILES string of the molecule is O=C(CCCCSc1nnc(-c2ccc([N+](=O)[O-])cc2)n1-c1ccccc1)N1CCN(c2cccc(Cl)c2)CC1. The van der Waals surface area contributed by atoms with Crippen LogP contribution in [-0.2, 0) is 4.79 Å². The first kappa shape index (κ1) is 27.7. The molecule has 11 heteroatoms. The quantitative estimate of drug-likeness (QED) is 0.0972. The summed E-state index contributed by atoms with van der Waals surface area (Å²) in [5, 5.41) is 21.4. The third kappa shape index (κ3) is 6.63. The molecule has 0 aliphatic carbocycles. The molecule has 2 heterocycles. The highest BCUT2D eigenvalue weighted by Gasteiger charge is 2.21. The molecule has 4 aromatic rings. The Morgan fingerprint density at radius 2 is 1.62 bits per heavy atom. The van der Waals surface area contributed by atoms with Gasteiger partial charge >= 0.3 is 0 Å². The molecule has 3 aromatic carbocycles. The molecule has 1 saturated heterocycles. The third-order valence-corrected chi connectivity index (χ3v) is 8.06. The lowest BCUT2D eigenvalue weighted by Gasteiger charge is -2.36. The van der Waals surface area contributed by atoms with Gasteiger partial charge in [-0.2, -0.15) is 0 Å². The zero-order valence-electron chi connectivity index (χ0n) is 21.9. The summed E-state index contributed by atoms with van der Waals surface area (Å²) in [4.78, 5) is 27.7. The van der Waals surface area contributed by atoms with Crippen LogP contribution >= 0.6 is 23.4 Å². The van der Waals surface area contributed by atoms with Crippen LogP contribution in [0.2, 0.25) is 5.02 Å². The van der Waals surface area contributed by atoms with Gasteiger partial charge in [-0.25, -0.2) is 0 Å². The molecular weight excluding hydrogens is 548 g/mol. The Hall–Kier alpha value is -3.89. The van der Waals surface area contributed by atoms with Crippen molar-refractivity contribution in [3.05, 3.63) is 94.0 Å². The average Bonchev–Trinajstić information content (AvgIpc) is 3.41. The number of aromatic nitrogens is 3. The van der Waals surface area contributed by atoms with E-state index in [1.807, 2.05) is 58.0 Å². The Morgan fingerprint density at radius 1 is 0.900 bits per heavy atom. The Morgan fingerprint density at radius 3 is 2.33 bits per heavy atom. The minimum absolute atomic E-state index is 0.0293. The second kappa shape index (κ2) is 13.0. The number of piperazine rings is 1. The van der Waals surface area contributed by atoms with Crippen molar-refractivity contribution in [1.82, 2.24) is 19.7 Å². The molecule has 1 fully saturated rings. The number of benzene rings is 3.